The average molecular weight is 282 g/mol. The second kappa shape index (κ2) is 14.5. The van der Waals surface area contributed by atoms with Gasteiger partial charge in [-0.15, -0.1) is 0 Å². The topological polar surface area (TPSA) is 167 Å². The van der Waals surface area contributed by atoms with Gasteiger partial charge in [0.25, 0.3) is 0 Å². The summed E-state index contributed by atoms with van der Waals surface area (Å²) in [4.78, 5) is 17.6. The minimum Gasteiger partial charge on any atom is -0.465 e. The Labute approximate surface area is 113 Å². The maximum atomic E-state index is 8.92. The Hall–Kier alpha value is -1.54. The summed E-state index contributed by atoms with van der Waals surface area (Å²) >= 11 is 0. The van der Waals surface area contributed by atoms with Crippen LogP contribution in [-0.2, 0) is 0 Å². The molecule has 2 amide bonds. The molecule has 8 N–H and O–H groups in total. The Morgan fingerprint density at radius 2 is 1.32 bits per heavy atom. The smallest absolute Gasteiger partial charge is 0.402 e. The number of amides is 2. The van der Waals surface area contributed by atoms with Gasteiger partial charge in [0.2, 0.25) is 0 Å². The average Bonchev–Trinajstić information content (AvgIpc) is 2.28. The van der Waals surface area contributed by atoms with E-state index in [-0.39, 0.29) is 18.6 Å². The second-order valence-electron chi connectivity index (χ2n) is 4.26. The van der Waals surface area contributed by atoms with Crippen LogP contribution in [0.25, 0.3) is 0 Å². The van der Waals surface area contributed by atoms with Gasteiger partial charge in [-0.05, 0) is 6.42 Å². The zero-order valence-corrected chi connectivity index (χ0v) is 11.5. The molecule has 0 bridgehead atoms. The molecule has 19 heavy (non-hydrogen) atoms. The standard InChI is InChI=1S/C9H20O2.2CH3NO2/c1-3-4-5-6-9(2,7-10)8-11;2*2-1(3)4/h10-11H,3-8H2,1-2H3;2*2H2,(H,3,4). The van der Waals surface area contributed by atoms with Crippen LogP contribution >= 0.6 is 0 Å². The SMILES string of the molecule is CCCCCC(C)(CO)CO.NC(=O)O.NC(=O)O. The first-order valence-corrected chi connectivity index (χ1v) is 5.83. The van der Waals surface area contributed by atoms with Gasteiger partial charge in [0.1, 0.15) is 0 Å². The third-order valence-corrected chi connectivity index (χ3v) is 2.15. The monoisotopic (exact) mass is 282 g/mol. The van der Waals surface area contributed by atoms with E-state index in [1.165, 1.54) is 12.8 Å². The quantitative estimate of drug-likeness (QED) is 0.394. The van der Waals surface area contributed by atoms with E-state index in [0.717, 1.165) is 12.8 Å². The summed E-state index contributed by atoms with van der Waals surface area (Å²) in [6.45, 7) is 4.25. The summed E-state index contributed by atoms with van der Waals surface area (Å²) in [7, 11) is 0. The molecule has 0 rings (SSSR count). The van der Waals surface area contributed by atoms with Crippen LogP contribution in [-0.4, -0.2) is 45.8 Å². The number of aliphatic hydroxyl groups is 2. The molecule has 0 radical (unpaired) electrons. The molecule has 0 aliphatic rings. The molecule has 0 saturated heterocycles. The van der Waals surface area contributed by atoms with Crippen molar-refractivity contribution in [2.75, 3.05) is 13.2 Å². The highest BCUT2D eigenvalue weighted by Gasteiger charge is 2.20. The normalized spacial score (nSPS) is 9.47. The van der Waals surface area contributed by atoms with Crippen molar-refractivity contribution >= 4 is 12.2 Å². The minimum absolute atomic E-state index is 0.0905. The third kappa shape index (κ3) is 31.5. The number of hydrogen-bond donors (Lipinski definition) is 6. The molecule has 0 aromatic rings. The number of primary amides is 2. The van der Waals surface area contributed by atoms with Gasteiger partial charge in [-0.3, -0.25) is 0 Å². The summed E-state index contributed by atoms with van der Waals surface area (Å²) < 4.78 is 0. The number of nitrogens with two attached hydrogens (primary N) is 2. The molecule has 0 aromatic carbocycles. The van der Waals surface area contributed by atoms with E-state index >= 15 is 0 Å². The molecule has 0 heterocycles. The van der Waals surface area contributed by atoms with E-state index in [1.807, 2.05) is 6.92 Å². The van der Waals surface area contributed by atoms with Gasteiger partial charge < -0.3 is 31.9 Å². The number of carbonyl (C=O) groups is 2. The van der Waals surface area contributed by atoms with E-state index in [1.54, 1.807) is 0 Å². The molecule has 0 aliphatic heterocycles. The Kier molecular flexibility index (Phi) is 17.3. The van der Waals surface area contributed by atoms with Crippen LogP contribution in [0.1, 0.15) is 39.5 Å². The molecule has 0 saturated carbocycles. The Balaban J connectivity index is -0.000000264. The summed E-state index contributed by atoms with van der Waals surface area (Å²) in [5.41, 5.74) is 7.80. The van der Waals surface area contributed by atoms with Crippen LogP contribution in [0, 0.1) is 5.41 Å². The third-order valence-electron chi connectivity index (χ3n) is 2.15. The van der Waals surface area contributed by atoms with Gasteiger partial charge >= 0.3 is 12.2 Å². The van der Waals surface area contributed by atoms with Crippen molar-refractivity contribution in [2.24, 2.45) is 16.9 Å². The summed E-state index contributed by atoms with van der Waals surface area (Å²) in [6.07, 6.45) is 1.74. The molecular formula is C11H26N2O6. The fourth-order valence-electron chi connectivity index (χ4n) is 1.01. The Bertz CT molecular complexity index is 211. The van der Waals surface area contributed by atoms with Gasteiger partial charge in [-0.25, -0.2) is 9.59 Å². The fourth-order valence-corrected chi connectivity index (χ4v) is 1.01. The van der Waals surface area contributed by atoms with Crippen molar-refractivity contribution < 1.29 is 30.0 Å². The number of hydrogen-bond acceptors (Lipinski definition) is 4. The van der Waals surface area contributed by atoms with E-state index in [0.29, 0.717) is 0 Å². The maximum absolute atomic E-state index is 8.92. The minimum atomic E-state index is -1.33. The summed E-state index contributed by atoms with van der Waals surface area (Å²) in [5, 5.41) is 32.2. The molecule has 0 aliphatic carbocycles. The van der Waals surface area contributed by atoms with Gasteiger partial charge in [0.05, 0.1) is 13.2 Å². The van der Waals surface area contributed by atoms with Crippen LogP contribution in [0.5, 0.6) is 0 Å². The predicted octanol–water partition coefficient (Wildman–Crippen LogP) is 0.804. The van der Waals surface area contributed by atoms with Crippen molar-refractivity contribution in [3.63, 3.8) is 0 Å². The van der Waals surface area contributed by atoms with Crippen LogP contribution in [0.4, 0.5) is 9.59 Å². The van der Waals surface area contributed by atoms with Gasteiger partial charge in [0, 0.05) is 5.41 Å². The lowest BCUT2D eigenvalue weighted by atomic mass is 9.86. The van der Waals surface area contributed by atoms with Crippen molar-refractivity contribution in [3.8, 4) is 0 Å². The van der Waals surface area contributed by atoms with Crippen molar-refractivity contribution in [2.45, 2.75) is 39.5 Å². The second-order valence-corrected chi connectivity index (χ2v) is 4.26. The first-order valence-electron chi connectivity index (χ1n) is 5.83. The Morgan fingerprint density at radius 3 is 1.53 bits per heavy atom. The lowest BCUT2D eigenvalue weighted by molar-refractivity contribution is 0.0606. The van der Waals surface area contributed by atoms with Crippen LogP contribution in [0.2, 0.25) is 0 Å². The van der Waals surface area contributed by atoms with Crippen molar-refractivity contribution in [3.05, 3.63) is 0 Å². The molecule has 8 heteroatoms. The first-order chi connectivity index (χ1) is 8.65. The van der Waals surface area contributed by atoms with E-state index in [2.05, 4.69) is 18.4 Å². The molecule has 8 nitrogen and oxygen atoms in total. The molecule has 0 unspecified atom stereocenters. The number of unbranched alkanes of at least 4 members (excludes halogenated alkanes) is 2. The maximum Gasteiger partial charge on any atom is 0.402 e. The summed E-state index contributed by atoms with van der Waals surface area (Å²) in [6, 6.07) is 0. The molecule has 0 aromatic heterocycles. The Morgan fingerprint density at radius 1 is 1.00 bits per heavy atom. The number of rotatable bonds is 6. The van der Waals surface area contributed by atoms with Crippen LogP contribution < -0.4 is 11.5 Å². The zero-order chi connectivity index (χ0) is 15.9. The predicted molar refractivity (Wildman–Crippen MR) is 70.8 cm³/mol. The lowest BCUT2D eigenvalue weighted by Gasteiger charge is -2.24. The van der Waals surface area contributed by atoms with E-state index in [9.17, 15) is 0 Å². The van der Waals surface area contributed by atoms with Gasteiger partial charge in [-0.2, -0.15) is 0 Å². The van der Waals surface area contributed by atoms with E-state index in [4.69, 9.17) is 30.0 Å². The van der Waals surface area contributed by atoms with E-state index < -0.39 is 12.2 Å². The van der Waals surface area contributed by atoms with Crippen molar-refractivity contribution in [1.29, 1.82) is 0 Å². The highest BCUT2D eigenvalue weighted by molar-refractivity contribution is 5.61. The zero-order valence-electron chi connectivity index (χ0n) is 11.5. The summed E-state index contributed by atoms with van der Waals surface area (Å²) in [5.74, 6) is 0. The van der Waals surface area contributed by atoms with Crippen LogP contribution in [0.15, 0.2) is 0 Å². The highest BCUT2D eigenvalue weighted by atomic mass is 16.4. The molecular weight excluding hydrogens is 256 g/mol. The fraction of sp³-hybridized carbons (Fsp3) is 0.818. The van der Waals surface area contributed by atoms with Crippen LogP contribution in [0.3, 0.4) is 0 Å². The first kappa shape index (κ1) is 22.6. The largest absolute Gasteiger partial charge is 0.465 e. The van der Waals surface area contributed by atoms with Gasteiger partial charge in [-0.1, -0.05) is 33.1 Å². The number of carboxylic acid groups (broad SMARTS) is 2. The lowest BCUT2D eigenvalue weighted by Crippen LogP contribution is -2.25. The van der Waals surface area contributed by atoms with Gasteiger partial charge in [0.15, 0.2) is 0 Å². The number of aliphatic hydroxyl groups excluding tert-OH is 2. The molecule has 0 spiro atoms. The molecule has 116 valence electrons. The van der Waals surface area contributed by atoms with Crippen molar-refractivity contribution in [1.82, 2.24) is 0 Å². The molecule has 0 fully saturated rings. The molecule has 0 atom stereocenters. The highest BCUT2D eigenvalue weighted by Crippen LogP contribution is 2.22.